The van der Waals surface area contributed by atoms with Gasteiger partial charge in [0.05, 0.1) is 22.3 Å². The van der Waals surface area contributed by atoms with Crippen molar-refractivity contribution >= 4 is 88.3 Å². The number of furan rings is 4. The standard InChI is InChI=1S/C28H26FN2O.C25H21N2O.C24H18FN2O.C24H19N2O/c1-17(2)14-21-15-19(8-10-24(21)29)20-11-13-31(4)25(16-20)26-18(3)7-9-22-23-6-5-12-30-28(23)32-27(22)26;1-16-6-9-18(10-7-16)19-11-13-22(27(3)15-19)23-17(2)8-12-20-21-5-4-14-26-25(21)28-24(20)23;1-15-5-11-19-20-4-3-13-26-24(20)28-23(19)22(15)21-12-8-17(14-27(21)2)16-6-9-18(25)10-7-16;1-16-10-12-19-20-9-6-14-25-24(20)27-23(19)22(16)21-13-11-18(15-26(21)2)17-7-4-3-5-8-17/h5-13,15-17H,14H2,1-4H3;4-15H,1-3H3;3-14H,1-2H3;3-15H,1-2H3/q4*+1. The Kier molecular flexibility index (Phi) is 19.9. The van der Waals surface area contributed by atoms with Crippen LogP contribution < -0.4 is 18.3 Å². The average Bonchev–Trinajstić information content (AvgIpc) is 1.64. The highest BCUT2D eigenvalue weighted by Crippen LogP contribution is 2.42. The van der Waals surface area contributed by atoms with Gasteiger partial charge in [-0.3, -0.25) is 0 Å². The Labute approximate surface area is 664 Å². The van der Waals surface area contributed by atoms with Crippen LogP contribution in [0.5, 0.6) is 0 Å². The predicted octanol–water partition coefficient (Wildman–Crippen LogP) is 23.6. The van der Waals surface area contributed by atoms with E-state index in [1.807, 2.05) is 68.7 Å². The van der Waals surface area contributed by atoms with Crippen LogP contribution in [0.15, 0.2) is 310 Å². The Bertz CT molecular complexity index is 6910. The molecule has 0 aliphatic rings. The van der Waals surface area contributed by atoms with Crippen LogP contribution in [0.4, 0.5) is 8.78 Å². The van der Waals surface area contributed by atoms with Gasteiger partial charge < -0.3 is 17.7 Å². The lowest BCUT2D eigenvalue weighted by Crippen LogP contribution is -2.31. The molecule has 0 fully saturated rings. The first-order chi connectivity index (χ1) is 55.9. The molecule has 0 aliphatic carbocycles. The summed E-state index contributed by atoms with van der Waals surface area (Å²) in [6, 6.07) is 81.1. The van der Waals surface area contributed by atoms with Gasteiger partial charge in [0.15, 0.2) is 47.1 Å². The summed E-state index contributed by atoms with van der Waals surface area (Å²) in [5, 5.41) is 8.46. The van der Waals surface area contributed by atoms with Gasteiger partial charge in [0, 0.05) is 115 Å². The van der Waals surface area contributed by atoms with E-state index in [1.54, 1.807) is 43.0 Å². The van der Waals surface area contributed by atoms with Crippen LogP contribution in [0.2, 0.25) is 0 Å². The largest absolute Gasteiger partial charge is 0.437 e. The van der Waals surface area contributed by atoms with E-state index in [4.69, 9.17) is 17.7 Å². The molecule has 8 aromatic carbocycles. The lowest BCUT2D eigenvalue weighted by molar-refractivity contribution is -0.660. The van der Waals surface area contributed by atoms with Crippen molar-refractivity contribution in [3.8, 4) is 89.5 Å². The van der Waals surface area contributed by atoms with E-state index in [9.17, 15) is 8.78 Å². The number of halogens is 2. The Morgan fingerprint density at radius 1 is 0.304 bits per heavy atom. The third-order valence-electron chi connectivity index (χ3n) is 21.8. The summed E-state index contributed by atoms with van der Waals surface area (Å²) in [7, 11) is 8.22. The quantitative estimate of drug-likeness (QED) is 0.124. The molecular weight excluding hydrogens is 1430 g/mol. The van der Waals surface area contributed by atoms with E-state index in [1.165, 1.54) is 51.1 Å². The molecule has 0 amide bonds. The highest BCUT2D eigenvalue weighted by Gasteiger charge is 2.27. The number of hydrogen-bond donors (Lipinski definition) is 0. The zero-order chi connectivity index (χ0) is 79.3. The lowest BCUT2D eigenvalue weighted by atomic mass is 9.95. The number of aromatic nitrogens is 8. The van der Waals surface area contributed by atoms with Crippen LogP contribution in [0, 0.1) is 52.2 Å². The number of benzene rings is 8. The second-order valence-corrected chi connectivity index (χ2v) is 30.2. The van der Waals surface area contributed by atoms with Crippen molar-refractivity contribution in [2.45, 2.75) is 54.9 Å². The smallest absolute Gasteiger partial charge is 0.227 e. The number of aryl methyl sites for hydroxylation is 9. The molecule has 12 heterocycles. The van der Waals surface area contributed by atoms with Crippen molar-refractivity contribution in [3.05, 3.63) is 337 Å². The monoisotopic (exact) mass is 1510 g/mol. The van der Waals surface area contributed by atoms with Crippen molar-refractivity contribution in [1.82, 2.24) is 19.9 Å². The van der Waals surface area contributed by atoms with Gasteiger partial charge in [-0.05, 0) is 194 Å². The molecule has 0 N–H and O–H groups in total. The topological polar surface area (TPSA) is 120 Å². The molecule has 562 valence electrons. The van der Waals surface area contributed by atoms with Gasteiger partial charge in [0.2, 0.25) is 45.6 Å². The van der Waals surface area contributed by atoms with Crippen LogP contribution in [-0.4, -0.2) is 19.9 Å². The van der Waals surface area contributed by atoms with E-state index in [-0.39, 0.29) is 11.6 Å². The molecule has 0 saturated heterocycles. The molecule has 0 radical (unpaired) electrons. The van der Waals surface area contributed by atoms with Crippen LogP contribution in [0.25, 0.3) is 178 Å². The van der Waals surface area contributed by atoms with E-state index >= 15 is 0 Å². The number of nitrogens with zero attached hydrogens (tertiary/aromatic N) is 8. The Morgan fingerprint density at radius 2 is 0.643 bits per heavy atom. The molecule has 20 aromatic rings. The Morgan fingerprint density at radius 3 is 1.02 bits per heavy atom. The molecule has 20 rings (SSSR count). The molecule has 0 spiro atoms. The molecular formula is C101H84F2N8O4+4. The highest BCUT2D eigenvalue weighted by atomic mass is 19.1. The number of rotatable bonds is 10. The van der Waals surface area contributed by atoms with Gasteiger partial charge in [-0.15, -0.1) is 0 Å². The Hall–Kier alpha value is -14.0. The summed E-state index contributed by atoms with van der Waals surface area (Å²) in [6.07, 6.45) is 16.2. The van der Waals surface area contributed by atoms with Crippen LogP contribution >= 0.6 is 0 Å². The summed E-state index contributed by atoms with van der Waals surface area (Å²) in [6.45, 7) is 14.8. The van der Waals surface area contributed by atoms with Gasteiger partial charge in [-0.1, -0.05) is 141 Å². The second kappa shape index (κ2) is 30.9. The molecule has 14 heteroatoms. The maximum Gasteiger partial charge on any atom is 0.227 e. The van der Waals surface area contributed by atoms with Gasteiger partial charge in [-0.2, -0.15) is 0 Å². The third-order valence-corrected chi connectivity index (χ3v) is 21.8. The van der Waals surface area contributed by atoms with Crippen molar-refractivity contribution < 1.29 is 44.7 Å². The summed E-state index contributed by atoms with van der Waals surface area (Å²) in [5.41, 5.74) is 30.4. The lowest BCUT2D eigenvalue weighted by Gasteiger charge is -2.11. The van der Waals surface area contributed by atoms with Crippen LogP contribution in [-0.2, 0) is 34.6 Å². The number of fused-ring (bicyclic) bond motifs is 12. The van der Waals surface area contributed by atoms with Crippen molar-refractivity contribution in [2.75, 3.05) is 0 Å². The first kappa shape index (κ1) is 73.8. The van der Waals surface area contributed by atoms with Crippen LogP contribution in [0.3, 0.4) is 0 Å². The fourth-order valence-electron chi connectivity index (χ4n) is 15.8. The maximum atomic E-state index is 14.4. The van der Waals surface area contributed by atoms with E-state index in [0.717, 1.165) is 156 Å². The zero-order valence-electron chi connectivity index (χ0n) is 66.0. The number of hydrogen-bond acceptors (Lipinski definition) is 8. The fourth-order valence-corrected chi connectivity index (χ4v) is 15.8. The molecule has 12 aromatic heterocycles. The first-order valence-electron chi connectivity index (χ1n) is 38.6. The van der Waals surface area contributed by atoms with Gasteiger partial charge >= 0.3 is 0 Å². The molecule has 115 heavy (non-hydrogen) atoms. The van der Waals surface area contributed by atoms with Crippen molar-refractivity contribution in [2.24, 2.45) is 34.1 Å². The molecule has 12 nitrogen and oxygen atoms in total. The van der Waals surface area contributed by atoms with E-state index in [0.29, 0.717) is 28.8 Å². The highest BCUT2D eigenvalue weighted by molar-refractivity contribution is 6.12. The van der Waals surface area contributed by atoms with Gasteiger partial charge in [0.25, 0.3) is 0 Å². The Balaban J connectivity index is 0.000000111. The van der Waals surface area contributed by atoms with E-state index < -0.39 is 0 Å². The van der Waals surface area contributed by atoms with Gasteiger partial charge in [0.1, 0.15) is 39.8 Å². The molecule has 0 saturated carbocycles. The third kappa shape index (κ3) is 14.3. The molecule has 0 atom stereocenters. The van der Waals surface area contributed by atoms with Gasteiger partial charge in [-0.25, -0.2) is 47.0 Å². The van der Waals surface area contributed by atoms with Crippen molar-refractivity contribution in [1.29, 1.82) is 0 Å². The fraction of sp³-hybridized carbons (Fsp3) is 0.129. The predicted molar refractivity (Wildman–Crippen MR) is 456 cm³/mol. The van der Waals surface area contributed by atoms with Crippen molar-refractivity contribution in [3.63, 3.8) is 0 Å². The molecule has 0 unspecified atom stereocenters. The summed E-state index contributed by atoms with van der Waals surface area (Å²) in [5.74, 6) is 0.0240. The minimum absolute atomic E-state index is 0.139. The average molecular weight is 1510 g/mol. The maximum absolute atomic E-state index is 14.4. The SMILES string of the molecule is Cc1ccc(-c2ccc(-c3c(C)ccc4c3oc3ncccc34)[n+](C)c2)cc1.Cc1ccc2c(oc3ncccc32)c1-c1cc(-c2ccc(F)c(CC(C)C)c2)cc[n+]1C.Cc1ccc2c(oc3ncccc32)c1-c1ccc(-c2ccc(F)cc2)c[n+]1C.Cc1ccc2c(oc3ncccc32)c1-c1ccc(-c2ccccc2)c[n+]1C. The van der Waals surface area contributed by atoms with E-state index in [2.05, 4.69) is 283 Å². The zero-order valence-corrected chi connectivity index (χ0v) is 66.0. The normalized spacial score (nSPS) is 11.5. The van der Waals surface area contributed by atoms with Crippen LogP contribution in [0.1, 0.15) is 47.2 Å². The minimum atomic E-state index is -0.231. The minimum Gasteiger partial charge on any atom is -0.437 e. The summed E-state index contributed by atoms with van der Waals surface area (Å²) >= 11 is 0. The molecule has 0 aliphatic heterocycles. The summed E-state index contributed by atoms with van der Waals surface area (Å²) in [4.78, 5) is 17.5. The number of pyridine rings is 8. The molecule has 0 bridgehead atoms. The second-order valence-electron chi connectivity index (χ2n) is 30.2. The summed E-state index contributed by atoms with van der Waals surface area (Å²) < 4.78 is 60.8. The first-order valence-corrected chi connectivity index (χ1v) is 38.6.